The Bertz CT molecular complexity index is 681. The SMILES string of the molecule is NC(=O)Cc1c(Cc2ccccn2)ccc2c1N=N[N]2. The highest BCUT2D eigenvalue weighted by Crippen LogP contribution is 2.37. The first-order valence-electron chi connectivity index (χ1n) is 6.19. The number of amides is 1. The second kappa shape index (κ2) is 5.08. The molecule has 1 aliphatic rings. The summed E-state index contributed by atoms with van der Waals surface area (Å²) in [5, 5.41) is 7.63. The van der Waals surface area contributed by atoms with Crippen molar-refractivity contribution in [2.75, 3.05) is 0 Å². The van der Waals surface area contributed by atoms with E-state index < -0.39 is 5.91 Å². The Labute approximate surface area is 115 Å². The molecule has 0 atom stereocenters. The Kier molecular flexibility index (Phi) is 3.12. The third-order valence-corrected chi connectivity index (χ3v) is 3.10. The lowest BCUT2D eigenvalue weighted by atomic mass is 9.97. The minimum absolute atomic E-state index is 0.125. The van der Waals surface area contributed by atoms with E-state index in [2.05, 4.69) is 20.7 Å². The maximum absolute atomic E-state index is 11.3. The van der Waals surface area contributed by atoms with Gasteiger partial charge in [0, 0.05) is 18.3 Å². The van der Waals surface area contributed by atoms with E-state index in [1.807, 2.05) is 30.3 Å². The number of primary amides is 1. The Balaban J connectivity index is 2.02. The number of aromatic nitrogens is 1. The van der Waals surface area contributed by atoms with Crippen LogP contribution in [0.5, 0.6) is 0 Å². The largest absolute Gasteiger partial charge is 0.369 e. The minimum Gasteiger partial charge on any atom is -0.369 e. The molecule has 2 aromatic rings. The van der Waals surface area contributed by atoms with Crippen molar-refractivity contribution in [2.24, 2.45) is 16.1 Å². The first kappa shape index (κ1) is 12.3. The zero-order valence-corrected chi connectivity index (χ0v) is 10.7. The molecule has 20 heavy (non-hydrogen) atoms. The third kappa shape index (κ3) is 2.35. The van der Waals surface area contributed by atoms with Crippen LogP contribution in [0.25, 0.3) is 0 Å². The molecule has 0 saturated heterocycles. The summed E-state index contributed by atoms with van der Waals surface area (Å²) in [5.41, 5.74) is 13.2. The predicted octanol–water partition coefficient (Wildman–Crippen LogP) is 1.95. The molecular formula is C14H12N5O. The molecule has 0 aliphatic carbocycles. The molecular weight excluding hydrogens is 254 g/mol. The van der Waals surface area contributed by atoms with Gasteiger partial charge in [-0.25, -0.2) is 0 Å². The van der Waals surface area contributed by atoms with Crippen LogP contribution >= 0.6 is 0 Å². The predicted molar refractivity (Wildman–Crippen MR) is 72.7 cm³/mol. The highest BCUT2D eigenvalue weighted by Gasteiger charge is 2.19. The lowest BCUT2D eigenvalue weighted by Gasteiger charge is -2.10. The van der Waals surface area contributed by atoms with Crippen LogP contribution in [0.15, 0.2) is 46.9 Å². The second-order valence-corrected chi connectivity index (χ2v) is 4.50. The number of hydrogen-bond donors (Lipinski definition) is 1. The van der Waals surface area contributed by atoms with Gasteiger partial charge in [0.1, 0.15) is 11.4 Å². The number of pyridine rings is 1. The normalized spacial score (nSPS) is 12.0. The molecule has 0 spiro atoms. The first-order valence-corrected chi connectivity index (χ1v) is 6.19. The lowest BCUT2D eigenvalue weighted by Crippen LogP contribution is -2.15. The van der Waals surface area contributed by atoms with Gasteiger partial charge < -0.3 is 5.73 Å². The maximum Gasteiger partial charge on any atom is 0.221 e. The van der Waals surface area contributed by atoms with E-state index in [1.54, 1.807) is 6.20 Å². The molecule has 0 fully saturated rings. The van der Waals surface area contributed by atoms with Gasteiger partial charge in [0.25, 0.3) is 0 Å². The summed E-state index contributed by atoms with van der Waals surface area (Å²) in [4.78, 5) is 15.6. The zero-order valence-electron chi connectivity index (χ0n) is 10.7. The van der Waals surface area contributed by atoms with Crippen molar-refractivity contribution >= 4 is 17.3 Å². The molecule has 1 aromatic heterocycles. The summed E-state index contributed by atoms with van der Waals surface area (Å²) < 4.78 is 0. The zero-order chi connectivity index (χ0) is 13.9. The van der Waals surface area contributed by atoms with E-state index in [-0.39, 0.29) is 6.42 Å². The van der Waals surface area contributed by atoms with Crippen molar-refractivity contribution in [1.29, 1.82) is 0 Å². The number of carbonyl (C=O) groups excluding carboxylic acids is 1. The van der Waals surface area contributed by atoms with Gasteiger partial charge in [-0.15, -0.1) is 10.5 Å². The number of carbonyl (C=O) groups is 1. The van der Waals surface area contributed by atoms with E-state index in [1.165, 1.54) is 0 Å². The van der Waals surface area contributed by atoms with Gasteiger partial charge in [-0.2, -0.15) is 0 Å². The average Bonchev–Trinajstić information content (AvgIpc) is 2.91. The van der Waals surface area contributed by atoms with Crippen LogP contribution < -0.4 is 11.2 Å². The molecule has 2 N–H and O–H groups in total. The van der Waals surface area contributed by atoms with Crippen LogP contribution in [0.1, 0.15) is 16.8 Å². The quantitative estimate of drug-likeness (QED) is 0.915. The van der Waals surface area contributed by atoms with Crippen LogP contribution in [0, 0.1) is 0 Å². The van der Waals surface area contributed by atoms with Gasteiger partial charge in [-0.05, 0) is 34.5 Å². The summed E-state index contributed by atoms with van der Waals surface area (Å²) in [6.45, 7) is 0. The van der Waals surface area contributed by atoms with Crippen molar-refractivity contribution in [3.8, 4) is 0 Å². The van der Waals surface area contributed by atoms with Gasteiger partial charge in [0.15, 0.2) is 0 Å². The van der Waals surface area contributed by atoms with E-state index in [0.29, 0.717) is 17.8 Å². The van der Waals surface area contributed by atoms with E-state index in [0.717, 1.165) is 16.8 Å². The Morgan fingerprint density at radius 2 is 2.10 bits per heavy atom. The Morgan fingerprint density at radius 1 is 1.20 bits per heavy atom. The number of nitrogens with two attached hydrogens (primary N) is 1. The molecule has 3 rings (SSSR count). The number of nitrogens with zero attached hydrogens (tertiary/aromatic N) is 4. The highest BCUT2D eigenvalue weighted by molar-refractivity contribution is 5.81. The third-order valence-electron chi connectivity index (χ3n) is 3.10. The first-order chi connectivity index (χ1) is 9.74. The monoisotopic (exact) mass is 266 g/mol. The van der Waals surface area contributed by atoms with Crippen LogP contribution in [0.2, 0.25) is 0 Å². The number of rotatable bonds is 4. The number of benzene rings is 1. The summed E-state index contributed by atoms with van der Waals surface area (Å²) in [6, 6.07) is 9.50. The molecule has 6 heteroatoms. The van der Waals surface area contributed by atoms with Crippen molar-refractivity contribution < 1.29 is 4.79 Å². The molecule has 0 bridgehead atoms. The average molecular weight is 266 g/mol. The molecule has 99 valence electrons. The molecule has 1 aromatic carbocycles. The van der Waals surface area contributed by atoms with E-state index >= 15 is 0 Å². The fraction of sp³-hybridized carbons (Fsp3) is 0.143. The number of hydrogen-bond acceptors (Lipinski definition) is 4. The van der Waals surface area contributed by atoms with Crippen molar-refractivity contribution in [1.82, 2.24) is 10.4 Å². The van der Waals surface area contributed by atoms with Crippen molar-refractivity contribution in [2.45, 2.75) is 12.8 Å². The summed E-state index contributed by atoms with van der Waals surface area (Å²) in [6.07, 6.45) is 2.48. The summed E-state index contributed by atoms with van der Waals surface area (Å²) in [5.74, 6) is -0.400. The summed E-state index contributed by atoms with van der Waals surface area (Å²) in [7, 11) is 0. The molecule has 2 heterocycles. The van der Waals surface area contributed by atoms with Crippen molar-refractivity contribution in [3.05, 3.63) is 53.3 Å². The molecule has 1 radical (unpaired) electrons. The van der Waals surface area contributed by atoms with Gasteiger partial charge in [0.05, 0.1) is 6.42 Å². The second-order valence-electron chi connectivity index (χ2n) is 4.50. The number of fused-ring (bicyclic) bond motifs is 1. The molecule has 1 amide bonds. The Hall–Kier alpha value is -2.76. The van der Waals surface area contributed by atoms with Crippen LogP contribution in [0.3, 0.4) is 0 Å². The van der Waals surface area contributed by atoms with Crippen LogP contribution in [-0.2, 0) is 17.6 Å². The van der Waals surface area contributed by atoms with E-state index in [4.69, 9.17) is 5.73 Å². The molecule has 0 unspecified atom stereocenters. The van der Waals surface area contributed by atoms with Gasteiger partial charge >= 0.3 is 0 Å². The fourth-order valence-corrected chi connectivity index (χ4v) is 2.21. The van der Waals surface area contributed by atoms with E-state index in [9.17, 15) is 4.79 Å². The lowest BCUT2D eigenvalue weighted by molar-refractivity contribution is -0.117. The highest BCUT2D eigenvalue weighted by atomic mass is 16.1. The smallest absolute Gasteiger partial charge is 0.221 e. The summed E-state index contributed by atoms with van der Waals surface area (Å²) >= 11 is 0. The topological polar surface area (TPSA) is 94.8 Å². The van der Waals surface area contributed by atoms with Crippen LogP contribution in [0.4, 0.5) is 11.4 Å². The molecule has 0 saturated carbocycles. The Morgan fingerprint density at radius 3 is 2.85 bits per heavy atom. The van der Waals surface area contributed by atoms with Crippen molar-refractivity contribution in [3.63, 3.8) is 0 Å². The minimum atomic E-state index is -0.400. The van der Waals surface area contributed by atoms with Gasteiger partial charge in [0.2, 0.25) is 5.91 Å². The standard InChI is InChI=1S/C14H12N5O/c15-13(20)8-11-9(7-10-3-1-2-6-16-10)4-5-12-14(11)18-19-17-12/h1-6H,7-8H2,(H2,15,20). The van der Waals surface area contributed by atoms with Gasteiger partial charge in [-0.1, -0.05) is 12.1 Å². The van der Waals surface area contributed by atoms with Gasteiger partial charge in [-0.3, -0.25) is 9.78 Å². The fourth-order valence-electron chi connectivity index (χ4n) is 2.21. The molecule has 6 nitrogen and oxygen atoms in total. The van der Waals surface area contributed by atoms with Crippen LogP contribution in [-0.4, -0.2) is 10.9 Å². The molecule has 1 aliphatic heterocycles. The maximum atomic E-state index is 11.3.